The molecule has 228 valence electrons. The van der Waals surface area contributed by atoms with Crippen molar-refractivity contribution in [3.05, 3.63) is 59.7 Å². The van der Waals surface area contributed by atoms with Crippen molar-refractivity contribution in [3.63, 3.8) is 0 Å². The van der Waals surface area contributed by atoms with Crippen molar-refractivity contribution in [3.8, 4) is 11.5 Å². The number of piperidine rings is 1. The SMILES string of the molecule is CCC(=O)ON=C(CC)ON=C(N)c1ccc(OCCCC2CCN(CCCOc3ccc(C(N)=O)cc3)CC2)cc1. The molecule has 1 amide bonds. The molecule has 0 radical (unpaired) electrons. The molecule has 3 rings (SSSR count). The lowest BCUT2D eigenvalue weighted by atomic mass is 9.92. The second kappa shape index (κ2) is 17.6. The van der Waals surface area contributed by atoms with Crippen LogP contribution in [0.15, 0.2) is 58.8 Å². The van der Waals surface area contributed by atoms with Crippen LogP contribution in [0.4, 0.5) is 0 Å². The number of ether oxygens (including phenoxy) is 2. The van der Waals surface area contributed by atoms with Gasteiger partial charge in [-0.2, -0.15) is 0 Å². The number of amides is 1. The van der Waals surface area contributed by atoms with Crippen molar-refractivity contribution < 1.29 is 28.7 Å². The molecule has 0 unspecified atom stereocenters. The van der Waals surface area contributed by atoms with E-state index in [2.05, 4.69) is 15.2 Å². The maximum Gasteiger partial charge on any atom is 0.334 e. The van der Waals surface area contributed by atoms with Gasteiger partial charge in [-0.05, 0) is 105 Å². The second-order valence-corrected chi connectivity index (χ2v) is 10.1. The Kier molecular flexibility index (Phi) is 13.6. The maximum absolute atomic E-state index is 11.2. The van der Waals surface area contributed by atoms with Crippen LogP contribution in [-0.2, 0) is 14.5 Å². The van der Waals surface area contributed by atoms with Gasteiger partial charge in [-0.15, -0.1) is 0 Å². The molecular formula is C31H43N5O6. The number of nitrogens with two attached hydrogens (primary N) is 2. The van der Waals surface area contributed by atoms with Gasteiger partial charge in [0, 0.05) is 30.5 Å². The van der Waals surface area contributed by atoms with E-state index in [1.54, 1.807) is 38.1 Å². The Hall–Kier alpha value is -4.12. The highest BCUT2D eigenvalue weighted by molar-refractivity contribution is 5.97. The zero-order chi connectivity index (χ0) is 30.2. The molecule has 4 N–H and O–H groups in total. The van der Waals surface area contributed by atoms with E-state index in [4.69, 9.17) is 30.6 Å². The van der Waals surface area contributed by atoms with E-state index >= 15 is 0 Å². The molecular weight excluding hydrogens is 538 g/mol. The lowest BCUT2D eigenvalue weighted by Crippen LogP contribution is -2.35. The van der Waals surface area contributed by atoms with Crippen LogP contribution in [0, 0.1) is 5.92 Å². The normalized spacial score (nSPS) is 14.8. The van der Waals surface area contributed by atoms with Gasteiger partial charge in [0.05, 0.1) is 13.2 Å². The van der Waals surface area contributed by atoms with Crippen molar-refractivity contribution in [2.24, 2.45) is 27.7 Å². The first-order valence-corrected chi connectivity index (χ1v) is 14.6. The van der Waals surface area contributed by atoms with E-state index in [1.165, 1.54) is 12.8 Å². The van der Waals surface area contributed by atoms with Crippen LogP contribution in [0.2, 0.25) is 0 Å². The number of nitrogens with zero attached hydrogens (tertiary/aromatic N) is 3. The zero-order valence-corrected chi connectivity index (χ0v) is 24.6. The van der Waals surface area contributed by atoms with Gasteiger partial charge in [0.1, 0.15) is 11.5 Å². The first kappa shape index (κ1) is 32.4. The number of primary amides is 1. The summed E-state index contributed by atoms with van der Waals surface area (Å²) in [5.74, 6) is 1.70. The van der Waals surface area contributed by atoms with Gasteiger partial charge in [-0.1, -0.05) is 19.0 Å². The number of likely N-dealkylation sites (tertiary alicyclic amines) is 1. The first-order chi connectivity index (χ1) is 20.4. The summed E-state index contributed by atoms with van der Waals surface area (Å²) in [6.07, 6.45) is 6.15. The molecule has 0 bridgehead atoms. The number of oxime groups is 2. The third-order valence-electron chi connectivity index (χ3n) is 7.00. The summed E-state index contributed by atoms with van der Waals surface area (Å²) < 4.78 is 11.7. The molecule has 0 spiro atoms. The van der Waals surface area contributed by atoms with Crippen molar-refractivity contribution >= 4 is 23.6 Å². The Balaban J connectivity index is 1.27. The highest BCUT2D eigenvalue weighted by Crippen LogP contribution is 2.22. The molecule has 1 saturated heterocycles. The number of rotatable bonds is 16. The van der Waals surface area contributed by atoms with Gasteiger partial charge in [-0.3, -0.25) is 4.79 Å². The first-order valence-electron chi connectivity index (χ1n) is 14.6. The van der Waals surface area contributed by atoms with Crippen molar-refractivity contribution in [2.75, 3.05) is 32.8 Å². The minimum atomic E-state index is -0.454. The van der Waals surface area contributed by atoms with Crippen LogP contribution in [0.25, 0.3) is 0 Å². The predicted octanol–water partition coefficient (Wildman–Crippen LogP) is 4.44. The highest BCUT2D eigenvalue weighted by atomic mass is 16.7. The molecule has 42 heavy (non-hydrogen) atoms. The summed E-state index contributed by atoms with van der Waals surface area (Å²) in [5.41, 5.74) is 12.4. The predicted molar refractivity (Wildman–Crippen MR) is 161 cm³/mol. The monoisotopic (exact) mass is 581 g/mol. The van der Waals surface area contributed by atoms with E-state index in [0.29, 0.717) is 30.8 Å². The molecule has 0 saturated carbocycles. The number of benzene rings is 2. The molecule has 2 aromatic rings. The van der Waals surface area contributed by atoms with E-state index in [-0.39, 0.29) is 18.2 Å². The Morgan fingerprint density at radius 3 is 1.98 bits per heavy atom. The largest absolute Gasteiger partial charge is 0.494 e. The van der Waals surface area contributed by atoms with Crippen molar-refractivity contribution in [2.45, 2.75) is 58.8 Å². The van der Waals surface area contributed by atoms with Gasteiger partial charge >= 0.3 is 5.97 Å². The molecule has 1 aliphatic rings. The third kappa shape index (κ3) is 11.4. The van der Waals surface area contributed by atoms with Crippen LogP contribution in [0.3, 0.4) is 0 Å². The summed E-state index contributed by atoms with van der Waals surface area (Å²) in [5, 5.41) is 7.53. The van der Waals surface area contributed by atoms with E-state index < -0.39 is 11.9 Å². The Labute approximate surface area is 247 Å². The summed E-state index contributed by atoms with van der Waals surface area (Å²) in [4.78, 5) is 34.8. The van der Waals surface area contributed by atoms with Gasteiger partial charge in [0.2, 0.25) is 5.91 Å². The molecule has 11 nitrogen and oxygen atoms in total. The Morgan fingerprint density at radius 1 is 0.810 bits per heavy atom. The average molecular weight is 582 g/mol. The van der Waals surface area contributed by atoms with Crippen molar-refractivity contribution in [1.29, 1.82) is 0 Å². The lowest BCUT2D eigenvalue weighted by molar-refractivity contribution is -0.143. The van der Waals surface area contributed by atoms with E-state index in [0.717, 1.165) is 56.3 Å². The summed E-state index contributed by atoms with van der Waals surface area (Å²) in [6.45, 7) is 8.04. The molecule has 0 aliphatic carbocycles. The fourth-order valence-electron chi connectivity index (χ4n) is 4.44. The summed E-state index contributed by atoms with van der Waals surface area (Å²) in [7, 11) is 0. The van der Waals surface area contributed by atoms with Crippen LogP contribution >= 0.6 is 0 Å². The van der Waals surface area contributed by atoms with Gasteiger partial charge in [0.25, 0.3) is 5.90 Å². The summed E-state index contributed by atoms with van der Waals surface area (Å²) >= 11 is 0. The number of hydrogen-bond donors (Lipinski definition) is 2. The lowest BCUT2D eigenvalue weighted by Gasteiger charge is -2.32. The number of hydrogen-bond acceptors (Lipinski definition) is 9. The fraction of sp³-hybridized carbons (Fsp3) is 0.484. The minimum absolute atomic E-state index is 0.155. The van der Waals surface area contributed by atoms with Crippen LogP contribution in [0.5, 0.6) is 11.5 Å². The fourth-order valence-corrected chi connectivity index (χ4v) is 4.44. The van der Waals surface area contributed by atoms with Crippen LogP contribution in [0.1, 0.15) is 74.7 Å². The van der Waals surface area contributed by atoms with Crippen LogP contribution < -0.4 is 20.9 Å². The Bertz CT molecular complexity index is 1180. The molecule has 1 fully saturated rings. The third-order valence-corrected chi connectivity index (χ3v) is 7.00. The number of amidine groups is 1. The van der Waals surface area contributed by atoms with E-state index in [9.17, 15) is 9.59 Å². The quantitative estimate of drug-likeness (QED) is 0.0971. The second-order valence-electron chi connectivity index (χ2n) is 10.1. The number of carbonyl (C=O) groups is 2. The zero-order valence-electron chi connectivity index (χ0n) is 24.6. The standard InChI is InChI=1S/C31H43N5O6/c1-3-28(34-42-29(37)4-2)41-35-30(32)24-8-12-26(13-9-24)39-21-5-7-23-16-19-36(20-17-23)18-6-22-40-27-14-10-25(11-15-27)31(33)38/h8-15,23H,3-7,16-22H2,1-2H3,(H2,32,35)(H2,33,38). The van der Waals surface area contributed by atoms with Gasteiger partial charge in [0.15, 0.2) is 5.84 Å². The van der Waals surface area contributed by atoms with E-state index in [1.807, 2.05) is 24.3 Å². The maximum atomic E-state index is 11.2. The topological polar surface area (TPSA) is 151 Å². The minimum Gasteiger partial charge on any atom is -0.494 e. The molecule has 0 aromatic heterocycles. The van der Waals surface area contributed by atoms with Crippen LogP contribution in [-0.4, -0.2) is 61.4 Å². The molecule has 11 heteroatoms. The number of carbonyl (C=O) groups excluding carboxylic acids is 2. The Morgan fingerprint density at radius 2 is 1.40 bits per heavy atom. The van der Waals surface area contributed by atoms with Gasteiger partial charge < -0.3 is 35.5 Å². The summed E-state index contributed by atoms with van der Waals surface area (Å²) in [6, 6.07) is 14.3. The molecule has 1 heterocycles. The van der Waals surface area contributed by atoms with Crippen molar-refractivity contribution in [1.82, 2.24) is 4.90 Å². The highest BCUT2D eigenvalue weighted by Gasteiger charge is 2.18. The van der Waals surface area contributed by atoms with Gasteiger partial charge in [-0.25, -0.2) is 4.79 Å². The molecule has 2 aromatic carbocycles. The molecule has 0 atom stereocenters. The average Bonchev–Trinajstić information content (AvgIpc) is 3.02. The smallest absolute Gasteiger partial charge is 0.334 e. The molecule has 1 aliphatic heterocycles.